The molecule has 0 fully saturated rings. The summed E-state index contributed by atoms with van der Waals surface area (Å²) in [6.45, 7) is 11.6. The molecule has 0 unspecified atom stereocenters. The van der Waals surface area contributed by atoms with Crippen LogP contribution in [0.25, 0.3) is 11.6 Å². The van der Waals surface area contributed by atoms with E-state index in [9.17, 15) is 9.59 Å². The van der Waals surface area contributed by atoms with Crippen molar-refractivity contribution >= 4 is 46.8 Å². The van der Waals surface area contributed by atoms with Gasteiger partial charge in [-0.15, -0.1) is 0 Å². The monoisotopic (exact) mass is 566 g/mol. The lowest BCUT2D eigenvalue weighted by Crippen LogP contribution is -2.29. The summed E-state index contributed by atoms with van der Waals surface area (Å²) in [5.41, 5.74) is 9.92. The lowest BCUT2D eigenvalue weighted by Gasteiger charge is -2.19. The second-order valence-electron chi connectivity index (χ2n) is 9.55. The minimum Gasteiger partial charge on any atom is -0.496 e. The minimum atomic E-state index is -0.338. The van der Waals surface area contributed by atoms with E-state index in [0.717, 1.165) is 37.2 Å². The second-order valence-corrected chi connectivity index (χ2v) is 9.90. The number of hydrogen-bond acceptors (Lipinski definition) is 8. The molecular formula is C28H35ClN8O3. The SMILES string of the molecule is CCN(CC)CCCNC(=O)c1c[nH]c(/C=C2/C(=O)N(Cc3ncc(C)c(OC)c3C)c3nc(N)nc(Cl)c32)c1. The molecule has 2 amide bonds. The van der Waals surface area contributed by atoms with Crippen LogP contribution in [0.15, 0.2) is 18.5 Å². The number of pyridine rings is 1. The van der Waals surface area contributed by atoms with Gasteiger partial charge in [-0.1, -0.05) is 25.4 Å². The van der Waals surface area contributed by atoms with Gasteiger partial charge in [0, 0.05) is 35.8 Å². The first kappa shape index (κ1) is 29.0. The molecule has 40 heavy (non-hydrogen) atoms. The third kappa shape index (κ3) is 5.95. The van der Waals surface area contributed by atoms with Crippen molar-refractivity contribution < 1.29 is 14.3 Å². The largest absolute Gasteiger partial charge is 0.496 e. The molecule has 12 heteroatoms. The van der Waals surface area contributed by atoms with Crippen LogP contribution in [0.5, 0.6) is 5.75 Å². The Hall–Kier alpha value is -3.96. The van der Waals surface area contributed by atoms with Gasteiger partial charge in [-0.25, -0.2) is 4.98 Å². The standard InChI is InChI=1S/C28H35ClN8O3/c1-6-36(7-2)10-8-9-31-26(38)18-11-19(32-14-18)12-20-22-24(29)34-28(30)35-25(22)37(27(20)39)15-21-17(4)23(40-5)16(3)13-33-21/h11-14,32H,6-10,15H2,1-5H3,(H,31,38)(H2,30,34,35)/b20-12+. The quantitative estimate of drug-likeness (QED) is 0.181. The Labute approximate surface area is 238 Å². The number of nitrogen functional groups attached to an aromatic ring is 1. The number of carbonyl (C=O) groups excluding carboxylic acids is 2. The van der Waals surface area contributed by atoms with E-state index in [4.69, 9.17) is 22.1 Å². The molecule has 0 bridgehead atoms. The van der Waals surface area contributed by atoms with E-state index in [2.05, 4.69) is 44.0 Å². The molecule has 4 rings (SSSR count). The molecule has 0 saturated heterocycles. The normalized spacial score (nSPS) is 13.8. The number of amides is 2. The van der Waals surface area contributed by atoms with Gasteiger partial charge in [0.2, 0.25) is 5.95 Å². The predicted molar refractivity (Wildman–Crippen MR) is 156 cm³/mol. The number of halogens is 1. The predicted octanol–water partition coefficient (Wildman–Crippen LogP) is 3.61. The van der Waals surface area contributed by atoms with Gasteiger partial charge < -0.3 is 25.7 Å². The van der Waals surface area contributed by atoms with Gasteiger partial charge in [0.1, 0.15) is 10.9 Å². The Morgan fingerprint density at radius 1 is 1.27 bits per heavy atom. The molecule has 11 nitrogen and oxygen atoms in total. The highest BCUT2D eigenvalue weighted by molar-refractivity contribution is 6.41. The number of carbonyl (C=O) groups is 2. The van der Waals surface area contributed by atoms with Crippen LogP contribution in [0.3, 0.4) is 0 Å². The summed E-state index contributed by atoms with van der Waals surface area (Å²) in [5, 5.41) is 3.01. The Morgan fingerprint density at radius 3 is 2.73 bits per heavy atom. The van der Waals surface area contributed by atoms with Gasteiger partial charge in [-0.2, -0.15) is 4.98 Å². The number of aromatic amines is 1. The number of ether oxygens (including phenoxy) is 1. The zero-order valence-corrected chi connectivity index (χ0v) is 24.2. The van der Waals surface area contributed by atoms with E-state index in [1.54, 1.807) is 31.6 Å². The summed E-state index contributed by atoms with van der Waals surface area (Å²) in [5.74, 6) is 0.429. The minimum absolute atomic E-state index is 0.0474. The molecule has 0 aromatic carbocycles. The highest BCUT2D eigenvalue weighted by Crippen LogP contribution is 2.41. The number of nitrogens with two attached hydrogens (primary N) is 1. The van der Waals surface area contributed by atoms with Gasteiger partial charge in [0.25, 0.3) is 11.8 Å². The number of aromatic nitrogens is 4. The van der Waals surface area contributed by atoms with E-state index in [-0.39, 0.29) is 35.0 Å². The Kier molecular flexibility index (Phi) is 9.06. The van der Waals surface area contributed by atoms with Crippen LogP contribution in [0.4, 0.5) is 11.8 Å². The van der Waals surface area contributed by atoms with Crippen LogP contribution in [-0.2, 0) is 11.3 Å². The van der Waals surface area contributed by atoms with E-state index in [0.29, 0.717) is 40.6 Å². The molecule has 3 aromatic rings. The van der Waals surface area contributed by atoms with Crippen LogP contribution < -0.4 is 20.7 Å². The summed E-state index contributed by atoms with van der Waals surface area (Å²) >= 11 is 6.47. The van der Waals surface area contributed by atoms with Crippen molar-refractivity contribution in [2.75, 3.05) is 43.9 Å². The van der Waals surface area contributed by atoms with Gasteiger partial charge in [-0.05, 0) is 52.0 Å². The number of fused-ring (bicyclic) bond motifs is 1. The van der Waals surface area contributed by atoms with Gasteiger partial charge >= 0.3 is 0 Å². The molecule has 0 spiro atoms. The zero-order valence-electron chi connectivity index (χ0n) is 23.5. The van der Waals surface area contributed by atoms with Crippen LogP contribution in [-0.4, -0.2) is 69.9 Å². The summed E-state index contributed by atoms with van der Waals surface area (Å²) in [6, 6.07) is 1.69. The van der Waals surface area contributed by atoms with Crippen molar-refractivity contribution in [3.8, 4) is 5.75 Å². The molecule has 0 radical (unpaired) electrons. The fourth-order valence-corrected chi connectivity index (χ4v) is 5.08. The number of aryl methyl sites for hydroxylation is 1. The number of H-pyrrole nitrogens is 1. The Bertz CT molecular complexity index is 1450. The molecule has 4 N–H and O–H groups in total. The first-order valence-corrected chi connectivity index (χ1v) is 13.6. The molecule has 0 saturated carbocycles. The highest BCUT2D eigenvalue weighted by atomic mass is 35.5. The molecule has 4 heterocycles. The average molecular weight is 567 g/mol. The Morgan fingerprint density at radius 2 is 2.02 bits per heavy atom. The number of methoxy groups -OCH3 is 1. The molecule has 0 atom stereocenters. The maximum absolute atomic E-state index is 13.7. The van der Waals surface area contributed by atoms with E-state index in [1.807, 2.05) is 13.8 Å². The summed E-state index contributed by atoms with van der Waals surface area (Å²) in [6.07, 6.45) is 5.81. The summed E-state index contributed by atoms with van der Waals surface area (Å²) in [4.78, 5) is 46.2. The van der Waals surface area contributed by atoms with Crippen molar-refractivity contribution in [3.63, 3.8) is 0 Å². The maximum atomic E-state index is 13.7. The average Bonchev–Trinajstić information content (AvgIpc) is 3.49. The van der Waals surface area contributed by atoms with Gasteiger partial charge in [0.15, 0.2) is 5.82 Å². The van der Waals surface area contributed by atoms with E-state index >= 15 is 0 Å². The number of hydrogen-bond donors (Lipinski definition) is 3. The zero-order chi connectivity index (χ0) is 29.0. The van der Waals surface area contributed by atoms with Crippen molar-refractivity contribution in [2.24, 2.45) is 0 Å². The lowest BCUT2D eigenvalue weighted by atomic mass is 10.1. The van der Waals surface area contributed by atoms with Gasteiger partial charge in [-0.3, -0.25) is 19.5 Å². The van der Waals surface area contributed by atoms with Crippen LogP contribution in [0.2, 0.25) is 5.15 Å². The van der Waals surface area contributed by atoms with Crippen LogP contribution >= 0.6 is 11.6 Å². The van der Waals surface area contributed by atoms with E-state index < -0.39 is 0 Å². The van der Waals surface area contributed by atoms with Crippen molar-refractivity contribution in [3.05, 3.63) is 57.3 Å². The lowest BCUT2D eigenvalue weighted by molar-refractivity contribution is -0.113. The fraction of sp³-hybridized carbons (Fsp3) is 0.393. The number of anilines is 2. The third-order valence-corrected chi connectivity index (χ3v) is 7.29. The van der Waals surface area contributed by atoms with Crippen molar-refractivity contribution in [2.45, 2.75) is 40.7 Å². The number of rotatable bonds is 11. The molecule has 1 aliphatic rings. The fourth-order valence-electron chi connectivity index (χ4n) is 4.80. The molecule has 212 valence electrons. The first-order valence-electron chi connectivity index (χ1n) is 13.2. The highest BCUT2D eigenvalue weighted by Gasteiger charge is 2.37. The smallest absolute Gasteiger partial charge is 0.260 e. The summed E-state index contributed by atoms with van der Waals surface area (Å²) in [7, 11) is 1.60. The second kappa shape index (κ2) is 12.5. The van der Waals surface area contributed by atoms with Crippen molar-refractivity contribution in [1.29, 1.82) is 0 Å². The first-order chi connectivity index (χ1) is 19.2. The molecule has 0 aliphatic carbocycles. The van der Waals surface area contributed by atoms with Crippen molar-refractivity contribution in [1.82, 2.24) is 30.2 Å². The van der Waals surface area contributed by atoms with E-state index in [1.165, 1.54) is 4.90 Å². The third-order valence-electron chi connectivity index (χ3n) is 7.02. The number of nitrogens with zero attached hydrogens (tertiary/aromatic N) is 5. The molecule has 1 aliphatic heterocycles. The van der Waals surface area contributed by atoms with Gasteiger partial charge in [0.05, 0.1) is 36.0 Å². The molecular weight excluding hydrogens is 532 g/mol. The van der Waals surface area contributed by atoms with Crippen LogP contribution in [0.1, 0.15) is 58.7 Å². The maximum Gasteiger partial charge on any atom is 0.260 e. The van der Waals surface area contributed by atoms with Crippen LogP contribution in [0, 0.1) is 13.8 Å². The summed E-state index contributed by atoms with van der Waals surface area (Å²) < 4.78 is 5.53. The topological polar surface area (TPSA) is 142 Å². The number of nitrogens with one attached hydrogen (secondary N) is 2. The molecule has 3 aromatic heterocycles. The Balaban J connectivity index is 1.58.